The maximum Gasteiger partial charge on any atom is 0.264 e. The summed E-state index contributed by atoms with van der Waals surface area (Å²) in [6.07, 6.45) is 3.99. The zero-order chi connectivity index (χ0) is 28.9. The minimum atomic E-state index is -4.09. The topological polar surface area (TPSA) is 86.8 Å². The first-order valence-electron chi connectivity index (χ1n) is 13.6. The van der Waals surface area contributed by atoms with Crippen molar-refractivity contribution in [3.8, 4) is 0 Å². The molecule has 7 nitrogen and oxygen atoms in total. The van der Waals surface area contributed by atoms with E-state index in [9.17, 15) is 18.0 Å². The molecule has 1 atom stereocenters. The number of carbonyl (C=O) groups is 2. The molecule has 1 N–H and O–H groups in total. The summed E-state index contributed by atoms with van der Waals surface area (Å²) in [4.78, 5) is 29.0. The van der Waals surface area contributed by atoms with Crippen LogP contribution in [0.3, 0.4) is 0 Å². The number of rotatable bonds is 10. The maximum absolute atomic E-state index is 14.1. The van der Waals surface area contributed by atoms with Crippen molar-refractivity contribution in [1.29, 1.82) is 0 Å². The molecular formula is C31H36BrN3O4S. The number of para-hydroxylation sites is 1. The predicted octanol–water partition coefficient (Wildman–Crippen LogP) is 5.74. The van der Waals surface area contributed by atoms with Crippen molar-refractivity contribution >= 4 is 43.5 Å². The van der Waals surface area contributed by atoms with Crippen molar-refractivity contribution in [3.05, 3.63) is 94.0 Å². The average Bonchev–Trinajstić information content (AvgIpc) is 3.43. The first-order chi connectivity index (χ1) is 19.1. The van der Waals surface area contributed by atoms with Crippen LogP contribution in [-0.4, -0.2) is 43.8 Å². The van der Waals surface area contributed by atoms with Gasteiger partial charge in [0.15, 0.2) is 0 Å². The summed E-state index contributed by atoms with van der Waals surface area (Å²) in [7, 11) is -4.09. The first kappa shape index (κ1) is 29.8. The van der Waals surface area contributed by atoms with Gasteiger partial charge in [-0.1, -0.05) is 76.8 Å². The Morgan fingerprint density at radius 3 is 2.30 bits per heavy atom. The number of nitrogens with one attached hydrogen (secondary N) is 1. The van der Waals surface area contributed by atoms with Gasteiger partial charge in [-0.15, -0.1) is 0 Å². The molecule has 0 radical (unpaired) electrons. The molecule has 1 aliphatic carbocycles. The third-order valence-corrected chi connectivity index (χ3v) is 9.65. The van der Waals surface area contributed by atoms with Crippen molar-refractivity contribution in [3.63, 3.8) is 0 Å². The van der Waals surface area contributed by atoms with E-state index in [0.29, 0.717) is 5.69 Å². The highest BCUT2D eigenvalue weighted by Crippen LogP contribution is 2.28. The number of benzene rings is 3. The van der Waals surface area contributed by atoms with Crippen LogP contribution in [0, 0.1) is 13.8 Å². The molecule has 1 aliphatic rings. The largest absolute Gasteiger partial charge is 0.352 e. The lowest BCUT2D eigenvalue weighted by Crippen LogP contribution is -2.52. The third kappa shape index (κ3) is 7.12. The molecule has 2 amide bonds. The van der Waals surface area contributed by atoms with Crippen LogP contribution in [0.25, 0.3) is 0 Å². The molecule has 0 spiro atoms. The molecule has 0 unspecified atom stereocenters. The molecule has 40 heavy (non-hydrogen) atoms. The second-order valence-electron chi connectivity index (χ2n) is 10.4. The second kappa shape index (κ2) is 13.0. The van der Waals surface area contributed by atoms with E-state index < -0.39 is 28.5 Å². The lowest BCUT2D eigenvalue weighted by molar-refractivity contribution is -0.139. The lowest BCUT2D eigenvalue weighted by Gasteiger charge is -2.33. The summed E-state index contributed by atoms with van der Waals surface area (Å²) < 4.78 is 29.9. The smallest absolute Gasteiger partial charge is 0.264 e. The summed E-state index contributed by atoms with van der Waals surface area (Å²) in [6.45, 7) is 5.11. The quantitative estimate of drug-likeness (QED) is 0.311. The number of anilines is 1. The lowest BCUT2D eigenvalue weighted by atomic mass is 10.1. The molecule has 9 heteroatoms. The Hall–Kier alpha value is -3.17. The van der Waals surface area contributed by atoms with Crippen LogP contribution in [0.15, 0.2) is 82.2 Å². The van der Waals surface area contributed by atoms with Crippen LogP contribution < -0.4 is 9.62 Å². The van der Waals surface area contributed by atoms with Crippen LogP contribution in [0.1, 0.15) is 49.3 Å². The zero-order valence-electron chi connectivity index (χ0n) is 23.1. The number of carbonyl (C=O) groups excluding carboxylic acids is 2. The Morgan fingerprint density at radius 2 is 1.65 bits per heavy atom. The van der Waals surface area contributed by atoms with E-state index in [1.165, 1.54) is 4.90 Å². The predicted molar refractivity (Wildman–Crippen MR) is 161 cm³/mol. The molecule has 3 aromatic carbocycles. The summed E-state index contributed by atoms with van der Waals surface area (Å²) in [5.74, 6) is -0.702. The van der Waals surface area contributed by atoms with Gasteiger partial charge >= 0.3 is 0 Å². The number of amides is 2. The molecule has 4 rings (SSSR count). The zero-order valence-corrected chi connectivity index (χ0v) is 25.5. The van der Waals surface area contributed by atoms with E-state index in [0.717, 1.165) is 51.2 Å². The van der Waals surface area contributed by atoms with Gasteiger partial charge in [0.2, 0.25) is 11.8 Å². The molecule has 0 bridgehead atoms. The first-order valence-corrected chi connectivity index (χ1v) is 15.8. The van der Waals surface area contributed by atoms with E-state index in [4.69, 9.17) is 0 Å². The van der Waals surface area contributed by atoms with E-state index >= 15 is 0 Å². The molecule has 0 heterocycles. The summed E-state index contributed by atoms with van der Waals surface area (Å²) in [6, 6.07) is 20.5. The number of aryl methyl sites for hydroxylation is 2. The summed E-state index contributed by atoms with van der Waals surface area (Å²) in [5.41, 5.74) is 2.89. The average molecular weight is 627 g/mol. The monoisotopic (exact) mass is 625 g/mol. The van der Waals surface area contributed by atoms with Crippen LogP contribution in [0.5, 0.6) is 0 Å². The molecule has 0 aromatic heterocycles. The molecule has 3 aromatic rings. The van der Waals surface area contributed by atoms with E-state index in [1.807, 2.05) is 50.2 Å². The van der Waals surface area contributed by atoms with Gasteiger partial charge in [-0.3, -0.25) is 13.9 Å². The van der Waals surface area contributed by atoms with E-state index in [2.05, 4.69) is 21.2 Å². The number of hydrogen-bond acceptors (Lipinski definition) is 4. The molecule has 1 fully saturated rings. The van der Waals surface area contributed by atoms with E-state index in [-0.39, 0.29) is 23.4 Å². The Balaban J connectivity index is 1.69. The Kier molecular flexibility index (Phi) is 9.68. The Bertz CT molecular complexity index is 1450. The molecule has 1 saturated carbocycles. The summed E-state index contributed by atoms with van der Waals surface area (Å²) >= 11 is 3.48. The fourth-order valence-corrected chi connectivity index (χ4v) is 6.93. The standard InChI is InChI=1S/C31H36BrN3O4S/c1-22-15-17-28(18-16-22)40(38,39)35(29-14-7-4-9-23(29)2)21-30(36)34(20-25-10-8-11-26(32)19-25)24(3)31(37)33-27-12-5-6-13-27/h4,7-11,14-19,24,27H,5-6,12-13,20-21H2,1-3H3,(H,33,37)/t24-/m0/s1. The van der Waals surface area contributed by atoms with Gasteiger partial charge in [-0.2, -0.15) is 0 Å². The number of nitrogens with zero attached hydrogens (tertiary/aromatic N) is 2. The Morgan fingerprint density at radius 1 is 0.975 bits per heavy atom. The van der Waals surface area contributed by atoms with Gasteiger partial charge in [-0.25, -0.2) is 8.42 Å². The van der Waals surface area contributed by atoms with Gasteiger partial charge in [0.05, 0.1) is 10.6 Å². The highest BCUT2D eigenvalue weighted by atomic mass is 79.9. The SMILES string of the molecule is Cc1ccc(S(=O)(=O)N(CC(=O)N(Cc2cccc(Br)c2)[C@@H](C)C(=O)NC2CCCC2)c2ccccc2C)cc1. The minimum Gasteiger partial charge on any atom is -0.352 e. The van der Waals surface area contributed by atoms with Crippen molar-refractivity contribution in [2.75, 3.05) is 10.8 Å². The van der Waals surface area contributed by atoms with Gasteiger partial charge in [0, 0.05) is 17.1 Å². The van der Waals surface area contributed by atoms with Gasteiger partial charge < -0.3 is 10.2 Å². The van der Waals surface area contributed by atoms with Crippen molar-refractivity contribution in [1.82, 2.24) is 10.2 Å². The third-order valence-electron chi connectivity index (χ3n) is 7.38. The van der Waals surface area contributed by atoms with Crippen LogP contribution in [-0.2, 0) is 26.2 Å². The minimum absolute atomic E-state index is 0.0970. The van der Waals surface area contributed by atoms with E-state index in [1.54, 1.807) is 43.3 Å². The van der Waals surface area contributed by atoms with Crippen molar-refractivity contribution in [2.24, 2.45) is 0 Å². The second-order valence-corrected chi connectivity index (χ2v) is 13.2. The van der Waals surface area contributed by atoms with Gasteiger partial charge in [0.1, 0.15) is 12.6 Å². The normalized spacial score (nSPS) is 14.5. The molecular weight excluding hydrogens is 590 g/mol. The van der Waals surface area contributed by atoms with Crippen molar-refractivity contribution in [2.45, 2.75) is 70.0 Å². The fourth-order valence-electron chi connectivity index (χ4n) is 5.00. The van der Waals surface area contributed by atoms with Gasteiger partial charge in [0.25, 0.3) is 10.0 Å². The van der Waals surface area contributed by atoms with Crippen LogP contribution in [0.2, 0.25) is 0 Å². The maximum atomic E-state index is 14.1. The van der Waals surface area contributed by atoms with Gasteiger partial charge in [-0.05, 0) is 75.1 Å². The number of hydrogen-bond donors (Lipinski definition) is 1. The highest BCUT2D eigenvalue weighted by Gasteiger charge is 2.33. The summed E-state index contributed by atoms with van der Waals surface area (Å²) in [5, 5.41) is 3.09. The molecule has 212 valence electrons. The van der Waals surface area contributed by atoms with Crippen molar-refractivity contribution < 1.29 is 18.0 Å². The molecule has 0 aliphatic heterocycles. The fraction of sp³-hybridized carbons (Fsp3) is 0.355. The number of halogens is 1. The highest BCUT2D eigenvalue weighted by molar-refractivity contribution is 9.10. The van der Waals surface area contributed by atoms with Crippen LogP contribution >= 0.6 is 15.9 Å². The Labute approximate surface area is 245 Å². The van der Waals surface area contributed by atoms with Crippen LogP contribution in [0.4, 0.5) is 5.69 Å². The number of sulfonamides is 1. The molecule has 0 saturated heterocycles.